The van der Waals surface area contributed by atoms with E-state index in [0.29, 0.717) is 18.9 Å². The van der Waals surface area contributed by atoms with Gasteiger partial charge in [-0.3, -0.25) is 4.79 Å². The van der Waals surface area contributed by atoms with E-state index in [-0.39, 0.29) is 12.0 Å². The SMILES string of the molecule is NC(Cc1ccccc1)C(=O)NCC1CCCC(O)C1. The van der Waals surface area contributed by atoms with Gasteiger partial charge in [0.15, 0.2) is 0 Å². The lowest BCUT2D eigenvalue weighted by atomic mass is 9.87. The van der Waals surface area contributed by atoms with Gasteiger partial charge in [-0.25, -0.2) is 0 Å². The molecule has 1 aromatic rings. The standard InChI is InChI=1S/C16H24N2O2/c17-15(10-12-5-2-1-3-6-12)16(20)18-11-13-7-4-8-14(19)9-13/h1-3,5-6,13-15,19H,4,7-11,17H2,(H,18,20). The van der Waals surface area contributed by atoms with Crippen molar-refractivity contribution < 1.29 is 9.90 Å². The number of benzene rings is 1. The molecule has 0 spiro atoms. The van der Waals surface area contributed by atoms with Gasteiger partial charge >= 0.3 is 0 Å². The van der Waals surface area contributed by atoms with Crippen molar-refractivity contribution in [1.29, 1.82) is 0 Å². The summed E-state index contributed by atoms with van der Waals surface area (Å²) < 4.78 is 0. The lowest BCUT2D eigenvalue weighted by molar-refractivity contribution is -0.122. The molecule has 1 amide bonds. The van der Waals surface area contributed by atoms with Crippen LogP contribution in [0.5, 0.6) is 0 Å². The number of carbonyl (C=O) groups excluding carboxylic acids is 1. The third-order valence-corrected chi connectivity index (χ3v) is 3.96. The molecule has 3 unspecified atom stereocenters. The number of rotatable bonds is 5. The van der Waals surface area contributed by atoms with Crippen molar-refractivity contribution in [2.45, 2.75) is 44.2 Å². The number of hydrogen-bond donors (Lipinski definition) is 3. The van der Waals surface area contributed by atoms with E-state index < -0.39 is 6.04 Å². The van der Waals surface area contributed by atoms with Crippen LogP contribution in [0.1, 0.15) is 31.2 Å². The zero-order valence-corrected chi connectivity index (χ0v) is 11.8. The van der Waals surface area contributed by atoms with Crippen LogP contribution in [0, 0.1) is 5.92 Å². The molecule has 4 nitrogen and oxygen atoms in total. The molecule has 20 heavy (non-hydrogen) atoms. The molecule has 4 heteroatoms. The van der Waals surface area contributed by atoms with Gasteiger partial charge in [0.25, 0.3) is 0 Å². The monoisotopic (exact) mass is 276 g/mol. The molecular weight excluding hydrogens is 252 g/mol. The molecule has 1 saturated carbocycles. The van der Waals surface area contributed by atoms with Crippen LogP contribution in [0.2, 0.25) is 0 Å². The normalized spacial score (nSPS) is 24.1. The maximum absolute atomic E-state index is 12.0. The first-order chi connectivity index (χ1) is 9.65. The van der Waals surface area contributed by atoms with Crippen LogP contribution in [-0.4, -0.2) is 29.7 Å². The summed E-state index contributed by atoms with van der Waals surface area (Å²) in [4.78, 5) is 12.0. The van der Waals surface area contributed by atoms with Gasteiger partial charge in [0.2, 0.25) is 5.91 Å². The maximum Gasteiger partial charge on any atom is 0.237 e. The fraction of sp³-hybridized carbons (Fsp3) is 0.562. The molecule has 110 valence electrons. The predicted octanol–water partition coefficient (Wildman–Crippen LogP) is 1.22. The highest BCUT2D eigenvalue weighted by Gasteiger charge is 2.21. The number of amides is 1. The van der Waals surface area contributed by atoms with E-state index in [2.05, 4.69) is 5.32 Å². The summed E-state index contributed by atoms with van der Waals surface area (Å²) >= 11 is 0. The van der Waals surface area contributed by atoms with Crippen molar-refractivity contribution in [2.24, 2.45) is 11.7 Å². The molecule has 0 aliphatic heterocycles. The maximum atomic E-state index is 12.0. The second-order valence-corrected chi connectivity index (χ2v) is 5.73. The molecule has 1 aliphatic rings. The Morgan fingerprint density at radius 2 is 2.10 bits per heavy atom. The fourth-order valence-corrected chi connectivity index (χ4v) is 2.78. The summed E-state index contributed by atoms with van der Waals surface area (Å²) in [5.74, 6) is 0.278. The Kier molecular flexibility index (Phi) is 5.56. The number of nitrogens with one attached hydrogen (secondary N) is 1. The number of aliphatic hydroxyl groups excluding tert-OH is 1. The number of nitrogens with two attached hydrogens (primary N) is 1. The van der Waals surface area contributed by atoms with Crippen molar-refractivity contribution in [3.8, 4) is 0 Å². The van der Waals surface area contributed by atoms with Gasteiger partial charge in [-0.2, -0.15) is 0 Å². The molecule has 0 radical (unpaired) electrons. The summed E-state index contributed by atoms with van der Waals surface area (Å²) in [6, 6.07) is 9.29. The van der Waals surface area contributed by atoms with Crippen LogP contribution < -0.4 is 11.1 Å². The second-order valence-electron chi connectivity index (χ2n) is 5.73. The third kappa shape index (κ3) is 4.62. The lowest BCUT2D eigenvalue weighted by Crippen LogP contribution is -2.44. The van der Waals surface area contributed by atoms with E-state index in [1.807, 2.05) is 30.3 Å². The van der Waals surface area contributed by atoms with Crippen LogP contribution >= 0.6 is 0 Å². The quantitative estimate of drug-likeness (QED) is 0.757. The Balaban J connectivity index is 1.74. The number of carbonyl (C=O) groups is 1. The highest BCUT2D eigenvalue weighted by atomic mass is 16.3. The second kappa shape index (κ2) is 7.41. The third-order valence-electron chi connectivity index (χ3n) is 3.96. The zero-order valence-electron chi connectivity index (χ0n) is 11.8. The first-order valence-corrected chi connectivity index (χ1v) is 7.40. The summed E-state index contributed by atoms with van der Waals surface area (Å²) in [6.07, 6.45) is 4.14. The largest absolute Gasteiger partial charge is 0.393 e. The van der Waals surface area contributed by atoms with Gasteiger partial charge in [-0.15, -0.1) is 0 Å². The first-order valence-electron chi connectivity index (χ1n) is 7.40. The predicted molar refractivity (Wildman–Crippen MR) is 79.1 cm³/mol. The molecule has 0 bridgehead atoms. The summed E-state index contributed by atoms with van der Waals surface area (Å²) in [7, 11) is 0. The van der Waals surface area contributed by atoms with Crippen LogP contribution in [0.4, 0.5) is 0 Å². The van der Waals surface area contributed by atoms with Crippen LogP contribution in [0.15, 0.2) is 30.3 Å². The Labute approximate surface area is 120 Å². The topological polar surface area (TPSA) is 75.4 Å². The Bertz CT molecular complexity index is 422. The smallest absolute Gasteiger partial charge is 0.237 e. The van der Waals surface area contributed by atoms with Crippen LogP contribution in [0.25, 0.3) is 0 Å². The first kappa shape index (κ1) is 15.0. The number of hydrogen-bond acceptors (Lipinski definition) is 3. The molecule has 2 rings (SSSR count). The number of aliphatic hydroxyl groups is 1. The van der Waals surface area contributed by atoms with Gasteiger partial charge in [0.1, 0.15) is 0 Å². The van der Waals surface area contributed by atoms with Gasteiger partial charge in [0, 0.05) is 6.54 Å². The summed E-state index contributed by atoms with van der Waals surface area (Å²) in [6.45, 7) is 0.623. The van der Waals surface area contributed by atoms with E-state index >= 15 is 0 Å². The minimum atomic E-state index is -0.508. The average molecular weight is 276 g/mol. The Hall–Kier alpha value is -1.39. The van der Waals surface area contributed by atoms with Crippen molar-refractivity contribution in [1.82, 2.24) is 5.32 Å². The minimum absolute atomic E-state index is 0.103. The van der Waals surface area contributed by atoms with E-state index in [1.54, 1.807) is 0 Å². The molecule has 4 N–H and O–H groups in total. The fourth-order valence-electron chi connectivity index (χ4n) is 2.78. The summed E-state index contributed by atoms with van der Waals surface area (Å²) in [5, 5.41) is 12.5. The Morgan fingerprint density at radius 1 is 1.35 bits per heavy atom. The van der Waals surface area contributed by atoms with Gasteiger partial charge in [0.05, 0.1) is 12.1 Å². The van der Waals surface area contributed by atoms with Crippen LogP contribution in [-0.2, 0) is 11.2 Å². The van der Waals surface area contributed by atoms with Crippen molar-refractivity contribution in [3.63, 3.8) is 0 Å². The van der Waals surface area contributed by atoms with Gasteiger partial charge in [-0.05, 0) is 37.2 Å². The van der Waals surface area contributed by atoms with E-state index in [9.17, 15) is 9.90 Å². The van der Waals surface area contributed by atoms with E-state index in [4.69, 9.17) is 5.73 Å². The molecule has 1 aliphatic carbocycles. The summed E-state index contributed by atoms with van der Waals surface area (Å²) in [5.41, 5.74) is 7.00. The lowest BCUT2D eigenvalue weighted by Gasteiger charge is -2.26. The minimum Gasteiger partial charge on any atom is -0.393 e. The zero-order chi connectivity index (χ0) is 14.4. The van der Waals surface area contributed by atoms with E-state index in [1.165, 1.54) is 0 Å². The molecule has 1 fully saturated rings. The average Bonchev–Trinajstić information content (AvgIpc) is 2.46. The molecular formula is C16H24N2O2. The van der Waals surface area contributed by atoms with Crippen LogP contribution in [0.3, 0.4) is 0 Å². The van der Waals surface area contributed by atoms with E-state index in [0.717, 1.165) is 31.2 Å². The molecule has 1 aromatic carbocycles. The molecule has 3 atom stereocenters. The Morgan fingerprint density at radius 3 is 2.80 bits per heavy atom. The highest BCUT2D eigenvalue weighted by Crippen LogP contribution is 2.23. The highest BCUT2D eigenvalue weighted by molar-refractivity contribution is 5.81. The van der Waals surface area contributed by atoms with Gasteiger partial charge in [-0.1, -0.05) is 36.8 Å². The molecule has 0 aromatic heterocycles. The van der Waals surface area contributed by atoms with Crippen molar-refractivity contribution in [3.05, 3.63) is 35.9 Å². The van der Waals surface area contributed by atoms with Crippen molar-refractivity contribution >= 4 is 5.91 Å². The van der Waals surface area contributed by atoms with Crippen molar-refractivity contribution in [2.75, 3.05) is 6.54 Å². The van der Waals surface area contributed by atoms with Gasteiger partial charge < -0.3 is 16.2 Å². The molecule has 0 heterocycles. The molecule has 0 saturated heterocycles.